The Bertz CT molecular complexity index is 881. The van der Waals surface area contributed by atoms with Crippen LogP contribution in [0.2, 0.25) is 0 Å². The molecule has 1 amide bonds. The van der Waals surface area contributed by atoms with Gasteiger partial charge in [-0.3, -0.25) is 9.78 Å². The maximum atomic E-state index is 12.8. The van der Waals surface area contributed by atoms with Gasteiger partial charge in [0.2, 0.25) is 5.91 Å². The van der Waals surface area contributed by atoms with Crippen molar-refractivity contribution in [1.29, 1.82) is 0 Å². The molecule has 1 aliphatic heterocycles. The Morgan fingerprint density at radius 3 is 2.57 bits per heavy atom. The van der Waals surface area contributed by atoms with Crippen molar-refractivity contribution in [1.82, 2.24) is 9.88 Å². The molecule has 0 saturated heterocycles. The lowest BCUT2D eigenvalue weighted by Crippen LogP contribution is -2.37. The molecule has 0 radical (unpaired) electrons. The lowest BCUT2D eigenvalue weighted by molar-refractivity contribution is -0.138. The number of oxime groups is 1. The van der Waals surface area contributed by atoms with E-state index >= 15 is 0 Å². The first-order valence-electron chi connectivity index (χ1n) is 9.79. The number of halogens is 3. The van der Waals surface area contributed by atoms with Crippen molar-refractivity contribution in [2.75, 3.05) is 6.54 Å². The minimum absolute atomic E-state index is 0.0664. The van der Waals surface area contributed by atoms with E-state index in [9.17, 15) is 18.0 Å². The summed E-state index contributed by atoms with van der Waals surface area (Å²) in [5.41, 5.74) is 1.55. The molecule has 0 aliphatic carbocycles. The number of nitrogens with zero attached hydrogens (tertiary/aromatic N) is 3. The van der Waals surface area contributed by atoms with E-state index in [2.05, 4.69) is 10.1 Å². The van der Waals surface area contributed by atoms with Gasteiger partial charge in [0.15, 0.2) is 6.10 Å². The Balaban J connectivity index is 1.68. The van der Waals surface area contributed by atoms with Gasteiger partial charge in [-0.25, -0.2) is 0 Å². The molecule has 1 aromatic carbocycles. The van der Waals surface area contributed by atoms with Crippen LogP contribution in [0.25, 0.3) is 0 Å². The fraction of sp³-hybridized carbons (Fsp3) is 0.409. The molecule has 0 saturated carbocycles. The molecular formula is C22H24F3N3O2. The zero-order chi connectivity index (χ0) is 21.7. The number of hydrogen-bond donors (Lipinski definition) is 0. The summed E-state index contributed by atoms with van der Waals surface area (Å²) in [6.45, 7) is 4.42. The minimum atomic E-state index is -4.39. The number of carbonyl (C=O) groups is 1. The molecule has 3 rings (SSSR count). The average molecular weight is 419 g/mol. The molecule has 2 aromatic rings. The molecule has 30 heavy (non-hydrogen) atoms. The van der Waals surface area contributed by atoms with E-state index in [4.69, 9.17) is 4.84 Å². The largest absolute Gasteiger partial charge is 0.416 e. The first-order valence-corrected chi connectivity index (χ1v) is 9.79. The van der Waals surface area contributed by atoms with Crippen LogP contribution in [0.4, 0.5) is 13.2 Å². The van der Waals surface area contributed by atoms with Crippen molar-refractivity contribution in [3.8, 4) is 0 Å². The van der Waals surface area contributed by atoms with Crippen LogP contribution in [0.1, 0.15) is 43.4 Å². The fourth-order valence-corrected chi connectivity index (χ4v) is 3.23. The SMILES string of the molecule is CC(C)CC(=O)N(Cc1ccc(C(F)(F)F)cc1)CC1CC(c2cccnc2)=NO1. The Hall–Kier alpha value is -2.90. The van der Waals surface area contributed by atoms with Crippen LogP contribution in [0.3, 0.4) is 0 Å². The molecule has 1 unspecified atom stereocenters. The summed E-state index contributed by atoms with van der Waals surface area (Å²) in [5.74, 6) is 0.0997. The monoisotopic (exact) mass is 419 g/mol. The zero-order valence-corrected chi connectivity index (χ0v) is 16.9. The van der Waals surface area contributed by atoms with Gasteiger partial charge in [0, 0.05) is 37.3 Å². The molecule has 0 fully saturated rings. The van der Waals surface area contributed by atoms with Crippen LogP contribution in [0, 0.1) is 5.92 Å². The second-order valence-electron chi connectivity index (χ2n) is 7.78. The van der Waals surface area contributed by atoms with E-state index in [1.54, 1.807) is 17.3 Å². The number of pyridine rings is 1. The Kier molecular flexibility index (Phi) is 6.74. The van der Waals surface area contributed by atoms with Crippen LogP contribution in [-0.2, 0) is 22.4 Å². The predicted octanol–water partition coefficient (Wildman–Crippen LogP) is 4.67. The predicted molar refractivity (Wildman–Crippen MR) is 107 cm³/mol. The molecule has 2 heterocycles. The van der Waals surface area contributed by atoms with Gasteiger partial charge in [0.25, 0.3) is 0 Å². The van der Waals surface area contributed by atoms with Crippen molar-refractivity contribution < 1.29 is 22.8 Å². The van der Waals surface area contributed by atoms with E-state index in [-0.39, 0.29) is 24.5 Å². The molecule has 0 spiro atoms. The topological polar surface area (TPSA) is 54.8 Å². The number of carbonyl (C=O) groups excluding carboxylic acids is 1. The smallest absolute Gasteiger partial charge is 0.390 e. The lowest BCUT2D eigenvalue weighted by Gasteiger charge is -2.26. The third-order valence-electron chi connectivity index (χ3n) is 4.74. The van der Waals surface area contributed by atoms with Crippen LogP contribution >= 0.6 is 0 Å². The van der Waals surface area contributed by atoms with E-state index in [1.165, 1.54) is 12.1 Å². The van der Waals surface area contributed by atoms with Gasteiger partial charge in [-0.05, 0) is 35.7 Å². The summed E-state index contributed by atoms with van der Waals surface area (Å²) in [4.78, 5) is 24.0. The average Bonchev–Trinajstić information content (AvgIpc) is 3.16. The van der Waals surface area contributed by atoms with E-state index in [1.807, 2.05) is 26.0 Å². The molecule has 0 bridgehead atoms. The van der Waals surface area contributed by atoms with Crippen molar-refractivity contribution in [3.63, 3.8) is 0 Å². The molecule has 1 aliphatic rings. The van der Waals surface area contributed by atoms with Crippen LogP contribution in [0.15, 0.2) is 53.9 Å². The van der Waals surface area contributed by atoms with Gasteiger partial charge in [0.1, 0.15) is 0 Å². The summed E-state index contributed by atoms with van der Waals surface area (Å²) in [7, 11) is 0. The first kappa shape index (κ1) is 21.8. The van der Waals surface area contributed by atoms with Gasteiger partial charge < -0.3 is 9.74 Å². The number of benzene rings is 1. The Morgan fingerprint density at radius 1 is 1.23 bits per heavy atom. The van der Waals surface area contributed by atoms with Gasteiger partial charge in [0.05, 0.1) is 17.8 Å². The second kappa shape index (κ2) is 9.28. The fourth-order valence-electron chi connectivity index (χ4n) is 3.23. The highest BCUT2D eigenvalue weighted by atomic mass is 19.4. The number of alkyl halides is 3. The molecule has 8 heteroatoms. The van der Waals surface area contributed by atoms with E-state index in [0.29, 0.717) is 24.9 Å². The van der Waals surface area contributed by atoms with Crippen molar-refractivity contribution >= 4 is 11.6 Å². The first-order chi connectivity index (χ1) is 14.2. The quantitative estimate of drug-likeness (QED) is 0.656. The maximum absolute atomic E-state index is 12.8. The third kappa shape index (κ3) is 5.81. The standard InChI is InChI=1S/C22H24F3N3O2/c1-15(2)10-21(29)28(13-16-5-7-18(8-6-16)22(23,24)25)14-19-11-20(27-30-19)17-4-3-9-26-12-17/h3-9,12,15,19H,10-11,13-14H2,1-2H3. The van der Waals surface area contributed by atoms with Gasteiger partial charge in [-0.1, -0.05) is 31.1 Å². The summed E-state index contributed by atoms with van der Waals surface area (Å²) in [6, 6.07) is 8.60. The normalized spacial score (nSPS) is 16.3. The highest BCUT2D eigenvalue weighted by Gasteiger charge is 2.30. The summed E-state index contributed by atoms with van der Waals surface area (Å²) < 4.78 is 38.4. The summed E-state index contributed by atoms with van der Waals surface area (Å²) >= 11 is 0. The summed E-state index contributed by atoms with van der Waals surface area (Å²) in [6.07, 6.45) is -0.440. The highest BCUT2D eigenvalue weighted by Crippen LogP contribution is 2.29. The minimum Gasteiger partial charge on any atom is -0.390 e. The zero-order valence-electron chi connectivity index (χ0n) is 16.9. The lowest BCUT2D eigenvalue weighted by atomic mass is 10.0. The van der Waals surface area contributed by atoms with Gasteiger partial charge >= 0.3 is 6.18 Å². The summed E-state index contributed by atoms with van der Waals surface area (Å²) in [5, 5.41) is 4.12. The van der Waals surface area contributed by atoms with Crippen molar-refractivity contribution in [2.45, 2.75) is 45.5 Å². The second-order valence-corrected chi connectivity index (χ2v) is 7.78. The molecule has 0 N–H and O–H groups in total. The van der Waals surface area contributed by atoms with E-state index in [0.717, 1.165) is 23.4 Å². The van der Waals surface area contributed by atoms with Crippen molar-refractivity contribution in [3.05, 3.63) is 65.5 Å². The van der Waals surface area contributed by atoms with Gasteiger partial charge in [-0.15, -0.1) is 0 Å². The molecule has 1 aromatic heterocycles. The Morgan fingerprint density at radius 2 is 1.97 bits per heavy atom. The molecular weight excluding hydrogens is 395 g/mol. The number of rotatable bonds is 7. The van der Waals surface area contributed by atoms with Crippen LogP contribution < -0.4 is 0 Å². The molecule has 1 atom stereocenters. The molecule has 5 nitrogen and oxygen atoms in total. The highest BCUT2D eigenvalue weighted by molar-refractivity contribution is 6.01. The van der Waals surface area contributed by atoms with Crippen LogP contribution in [-0.4, -0.2) is 34.2 Å². The van der Waals surface area contributed by atoms with Crippen molar-refractivity contribution in [2.24, 2.45) is 11.1 Å². The van der Waals surface area contributed by atoms with Crippen LogP contribution in [0.5, 0.6) is 0 Å². The third-order valence-corrected chi connectivity index (χ3v) is 4.74. The van der Waals surface area contributed by atoms with Gasteiger partial charge in [-0.2, -0.15) is 13.2 Å². The number of amides is 1. The molecule has 160 valence electrons. The van der Waals surface area contributed by atoms with E-state index < -0.39 is 11.7 Å². The number of aromatic nitrogens is 1. The Labute approximate surface area is 173 Å². The maximum Gasteiger partial charge on any atom is 0.416 e. The number of hydrogen-bond acceptors (Lipinski definition) is 4.